The first-order valence-electron chi connectivity index (χ1n) is 5.30. The Kier molecular flexibility index (Phi) is 6.11. The molecule has 0 aliphatic heterocycles. The van der Waals surface area contributed by atoms with E-state index in [9.17, 15) is 0 Å². The molecule has 0 aliphatic carbocycles. The second-order valence-electron chi connectivity index (χ2n) is 3.21. The smallest absolute Gasteiger partial charge is 0.161 e. The number of thioether (sulfide) groups is 1. The molecule has 1 aromatic rings. The highest BCUT2D eigenvalue weighted by Crippen LogP contribution is 2.28. The summed E-state index contributed by atoms with van der Waals surface area (Å²) in [6.07, 6.45) is 2.04. The third-order valence-corrected chi connectivity index (χ3v) is 2.61. The van der Waals surface area contributed by atoms with E-state index in [-0.39, 0.29) is 6.61 Å². The molecule has 4 heteroatoms. The zero-order valence-electron chi connectivity index (χ0n) is 9.73. The summed E-state index contributed by atoms with van der Waals surface area (Å²) < 4.78 is 11.1. The van der Waals surface area contributed by atoms with Crippen LogP contribution in [0, 0.1) is 0 Å². The topological polar surface area (TPSA) is 38.7 Å². The van der Waals surface area contributed by atoms with Gasteiger partial charge in [-0.3, -0.25) is 0 Å². The zero-order valence-corrected chi connectivity index (χ0v) is 10.5. The van der Waals surface area contributed by atoms with Gasteiger partial charge in [0.25, 0.3) is 0 Å². The van der Waals surface area contributed by atoms with Gasteiger partial charge in [0, 0.05) is 5.75 Å². The quantitative estimate of drug-likeness (QED) is 0.745. The largest absolute Gasteiger partial charge is 0.490 e. The number of hydrogen-bond acceptors (Lipinski definition) is 4. The number of aliphatic hydroxyl groups is 1. The summed E-state index contributed by atoms with van der Waals surface area (Å²) in [7, 11) is 0. The van der Waals surface area contributed by atoms with Gasteiger partial charge in [-0.2, -0.15) is 11.8 Å². The molecule has 0 atom stereocenters. The second kappa shape index (κ2) is 7.41. The van der Waals surface area contributed by atoms with E-state index in [1.165, 1.54) is 0 Å². The minimum Gasteiger partial charge on any atom is -0.490 e. The first-order valence-corrected chi connectivity index (χ1v) is 6.69. The Balaban J connectivity index is 2.72. The Morgan fingerprint density at radius 1 is 1.25 bits per heavy atom. The normalized spacial score (nSPS) is 10.2. The van der Waals surface area contributed by atoms with E-state index in [2.05, 4.69) is 0 Å². The standard InChI is InChI=1S/C12H18O3S/c1-3-14-12-8-10(9-13)4-5-11(12)15-6-7-16-2/h4-5,8,13H,3,6-7,9H2,1-2H3. The van der Waals surface area contributed by atoms with Crippen molar-refractivity contribution in [2.24, 2.45) is 0 Å². The van der Waals surface area contributed by atoms with Gasteiger partial charge in [-0.15, -0.1) is 0 Å². The number of benzene rings is 1. The van der Waals surface area contributed by atoms with Crippen molar-refractivity contribution in [1.29, 1.82) is 0 Å². The van der Waals surface area contributed by atoms with Crippen molar-refractivity contribution < 1.29 is 14.6 Å². The summed E-state index contributed by atoms with van der Waals surface area (Å²) in [4.78, 5) is 0. The predicted molar refractivity (Wildman–Crippen MR) is 67.4 cm³/mol. The van der Waals surface area contributed by atoms with E-state index in [0.29, 0.717) is 19.0 Å². The Morgan fingerprint density at radius 2 is 2.06 bits per heavy atom. The molecule has 0 bridgehead atoms. The average molecular weight is 242 g/mol. The van der Waals surface area contributed by atoms with Gasteiger partial charge in [0.1, 0.15) is 0 Å². The number of ether oxygens (including phenoxy) is 2. The van der Waals surface area contributed by atoms with Gasteiger partial charge in [0.2, 0.25) is 0 Å². The molecule has 3 nitrogen and oxygen atoms in total. The molecule has 0 aromatic heterocycles. The maximum atomic E-state index is 9.04. The van der Waals surface area contributed by atoms with Crippen LogP contribution >= 0.6 is 11.8 Å². The maximum absolute atomic E-state index is 9.04. The van der Waals surface area contributed by atoms with E-state index in [1.54, 1.807) is 11.8 Å². The molecule has 1 aromatic carbocycles. The molecule has 0 saturated carbocycles. The van der Waals surface area contributed by atoms with Crippen molar-refractivity contribution in [3.05, 3.63) is 23.8 Å². The monoisotopic (exact) mass is 242 g/mol. The highest BCUT2D eigenvalue weighted by molar-refractivity contribution is 7.98. The van der Waals surface area contributed by atoms with Crippen molar-refractivity contribution in [1.82, 2.24) is 0 Å². The Bertz CT molecular complexity index is 315. The Hall–Kier alpha value is -0.870. The van der Waals surface area contributed by atoms with E-state index >= 15 is 0 Å². The fourth-order valence-corrected chi connectivity index (χ4v) is 1.52. The molecule has 0 heterocycles. The molecule has 1 rings (SSSR count). The minimum absolute atomic E-state index is 0.0190. The summed E-state index contributed by atoms with van der Waals surface area (Å²) in [5.41, 5.74) is 0.834. The van der Waals surface area contributed by atoms with E-state index in [0.717, 1.165) is 17.1 Å². The molecule has 0 saturated heterocycles. The van der Waals surface area contributed by atoms with E-state index in [1.807, 2.05) is 31.4 Å². The molecule has 0 spiro atoms. The van der Waals surface area contributed by atoms with Crippen LogP contribution in [-0.2, 0) is 6.61 Å². The van der Waals surface area contributed by atoms with Crippen LogP contribution in [0.4, 0.5) is 0 Å². The maximum Gasteiger partial charge on any atom is 0.161 e. The summed E-state index contributed by atoms with van der Waals surface area (Å²) in [6, 6.07) is 5.51. The average Bonchev–Trinajstić information content (AvgIpc) is 2.31. The van der Waals surface area contributed by atoms with Crippen LogP contribution in [0.25, 0.3) is 0 Å². The van der Waals surface area contributed by atoms with Gasteiger partial charge in [-0.25, -0.2) is 0 Å². The third-order valence-electron chi connectivity index (χ3n) is 2.04. The third kappa shape index (κ3) is 3.94. The van der Waals surface area contributed by atoms with Gasteiger partial charge in [0.05, 0.1) is 19.8 Å². The first kappa shape index (κ1) is 13.2. The van der Waals surface area contributed by atoms with Crippen LogP contribution in [0.5, 0.6) is 11.5 Å². The van der Waals surface area contributed by atoms with Gasteiger partial charge in [-0.1, -0.05) is 6.07 Å². The lowest BCUT2D eigenvalue weighted by Gasteiger charge is -2.12. The van der Waals surface area contributed by atoms with Crippen molar-refractivity contribution in [2.45, 2.75) is 13.5 Å². The first-order chi connectivity index (χ1) is 7.81. The summed E-state index contributed by atoms with van der Waals surface area (Å²) in [5, 5.41) is 9.04. The van der Waals surface area contributed by atoms with E-state index < -0.39 is 0 Å². The predicted octanol–water partition coefficient (Wildman–Crippen LogP) is 2.32. The number of aliphatic hydroxyl groups excluding tert-OH is 1. The summed E-state index contributed by atoms with van der Waals surface area (Å²) >= 11 is 1.74. The minimum atomic E-state index is 0.0190. The SMILES string of the molecule is CCOc1cc(CO)ccc1OCCSC. The van der Waals surface area contributed by atoms with Crippen molar-refractivity contribution >= 4 is 11.8 Å². The number of rotatable bonds is 7. The van der Waals surface area contributed by atoms with Gasteiger partial charge < -0.3 is 14.6 Å². The van der Waals surface area contributed by atoms with Crippen LogP contribution in [0.3, 0.4) is 0 Å². The van der Waals surface area contributed by atoms with Crippen molar-refractivity contribution in [3.8, 4) is 11.5 Å². The zero-order chi connectivity index (χ0) is 11.8. The van der Waals surface area contributed by atoms with Crippen LogP contribution in [-0.4, -0.2) is 30.3 Å². The molecule has 0 radical (unpaired) electrons. The van der Waals surface area contributed by atoms with Crippen molar-refractivity contribution in [3.63, 3.8) is 0 Å². The molecule has 0 amide bonds. The number of hydrogen-bond donors (Lipinski definition) is 1. The molecule has 16 heavy (non-hydrogen) atoms. The Morgan fingerprint density at radius 3 is 2.69 bits per heavy atom. The van der Waals surface area contributed by atoms with Crippen LogP contribution in [0.2, 0.25) is 0 Å². The van der Waals surface area contributed by atoms with Crippen LogP contribution in [0.15, 0.2) is 18.2 Å². The highest BCUT2D eigenvalue weighted by atomic mass is 32.2. The van der Waals surface area contributed by atoms with Gasteiger partial charge in [-0.05, 0) is 30.9 Å². The molecule has 0 fully saturated rings. The fourth-order valence-electron chi connectivity index (χ4n) is 1.27. The van der Waals surface area contributed by atoms with Crippen LogP contribution in [0.1, 0.15) is 12.5 Å². The highest BCUT2D eigenvalue weighted by Gasteiger charge is 2.05. The van der Waals surface area contributed by atoms with Crippen molar-refractivity contribution in [2.75, 3.05) is 25.2 Å². The van der Waals surface area contributed by atoms with Gasteiger partial charge >= 0.3 is 0 Å². The lowest BCUT2D eigenvalue weighted by molar-refractivity contribution is 0.274. The van der Waals surface area contributed by atoms with Gasteiger partial charge in [0.15, 0.2) is 11.5 Å². The second-order valence-corrected chi connectivity index (χ2v) is 4.20. The summed E-state index contributed by atoms with van der Waals surface area (Å²) in [5.74, 6) is 2.40. The lowest BCUT2D eigenvalue weighted by Crippen LogP contribution is -2.03. The van der Waals surface area contributed by atoms with Crippen LogP contribution < -0.4 is 9.47 Å². The molecule has 0 aliphatic rings. The molecule has 90 valence electrons. The fraction of sp³-hybridized carbons (Fsp3) is 0.500. The summed E-state index contributed by atoms with van der Waals surface area (Å²) in [6.45, 7) is 3.20. The Labute approximate surface area is 101 Å². The molecule has 0 unspecified atom stereocenters. The molecular formula is C12H18O3S. The lowest BCUT2D eigenvalue weighted by atomic mass is 10.2. The van der Waals surface area contributed by atoms with E-state index in [4.69, 9.17) is 14.6 Å². The molecular weight excluding hydrogens is 224 g/mol. The molecule has 1 N–H and O–H groups in total.